The number of ether oxygens (including phenoxy) is 2. The highest BCUT2D eigenvalue weighted by Gasteiger charge is 2.25. The van der Waals surface area contributed by atoms with Crippen molar-refractivity contribution in [1.29, 1.82) is 0 Å². The Labute approximate surface area is 162 Å². The highest BCUT2D eigenvalue weighted by molar-refractivity contribution is 5.81. The van der Waals surface area contributed by atoms with E-state index < -0.39 is 6.10 Å². The lowest BCUT2D eigenvalue weighted by molar-refractivity contribution is -0.133. The zero-order chi connectivity index (χ0) is 19.8. The maximum absolute atomic E-state index is 12.4. The lowest BCUT2D eigenvalue weighted by atomic mass is 10.0. The first-order valence-electron chi connectivity index (χ1n) is 9.74. The number of nitrogens with one attached hydrogen (secondary N) is 1. The summed E-state index contributed by atoms with van der Waals surface area (Å²) in [6, 6.07) is 7.95. The fourth-order valence-corrected chi connectivity index (χ4v) is 3.13. The van der Waals surface area contributed by atoms with E-state index in [1.165, 1.54) is 5.56 Å². The van der Waals surface area contributed by atoms with Crippen molar-refractivity contribution in [2.45, 2.75) is 58.1 Å². The van der Waals surface area contributed by atoms with E-state index in [-0.39, 0.29) is 17.9 Å². The molecule has 1 aromatic carbocycles. The summed E-state index contributed by atoms with van der Waals surface area (Å²) < 4.78 is 10.7. The molecule has 1 aliphatic rings. The second kappa shape index (κ2) is 10.3. The third kappa shape index (κ3) is 6.54. The Balaban J connectivity index is 1.75. The maximum Gasteiger partial charge on any atom is 0.260 e. The molecule has 1 aliphatic heterocycles. The number of rotatable bonds is 8. The van der Waals surface area contributed by atoms with Crippen molar-refractivity contribution >= 4 is 11.8 Å². The van der Waals surface area contributed by atoms with Gasteiger partial charge in [-0.15, -0.1) is 0 Å². The summed E-state index contributed by atoms with van der Waals surface area (Å²) in [7, 11) is 1.59. The lowest BCUT2D eigenvalue weighted by Crippen LogP contribution is -2.49. The van der Waals surface area contributed by atoms with E-state index in [1.807, 2.05) is 29.2 Å². The summed E-state index contributed by atoms with van der Waals surface area (Å²) in [6.45, 7) is 7.82. The molecule has 6 heteroatoms. The Morgan fingerprint density at radius 1 is 1.15 bits per heavy atom. The Bertz CT molecular complexity index is 607. The number of nitrogens with zero attached hydrogens (tertiary/aromatic N) is 1. The number of hydrogen-bond donors (Lipinski definition) is 1. The second-order valence-electron chi connectivity index (χ2n) is 7.39. The van der Waals surface area contributed by atoms with Crippen molar-refractivity contribution in [2.24, 2.45) is 0 Å². The van der Waals surface area contributed by atoms with Crippen molar-refractivity contribution in [3.63, 3.8) is 0 Å². The molecule has 1 unspecified atom stereocenters. The van der Waals surface area contributed by atoms with Crippen LogP contribution < -0.4 is 10.1 Å². The molecule has 0 saturated carbocycles. The smallest absolute Gasteiger partial charge is 0.260 e. The van der Waals surface area contributed by atoms with Crippen molar-refractivity contribution in [3.8, 4) is 5.75 Å². The highest BCUT2D eigenvalue weighted by atomic mass is 16.5. The summed E-state index contributed by atoms with van der Waals surface area (Å²) in [5.41, 5.74) is 1.24. The van der Waals surface area contributed by atoms with Gasteiger partial charge in [0.05, 0.1) is 13.0 Å². The number of amides is 2. The van der Waals surface area contributed by atoms with Crippen LogP contribution >= 0.6 is 0 Å². The summed E-state index contributed by atoms with van der Waals surface area (Å²) in [5.74, 6) is 1.16. The third-order valence-corrected chi connectivity index (χ3v) is 4.94. The fourth-order valence-electron chi connectivity index (χ4n) is 3.13. The first-order valence-corrected chi connectivity index (χ1v) is 9.74. The molecule has 2 amide bonds. The zero-order valence-electron chi connectivity index (χ0n) is 16.9. The first kappa shape index (κ1) is 21.2. The molecular weight excluding hydrogens is 344 g/mol. The molecule has 27 heavy (non-hydrogen) atoms. The minimum absolute atomic E-state index is 0.0818. The number of methoxy groups -OCH3 is 1. The van der Waals surface area contributed by atoms with Crippen molar-refractivity contribution in [2.75, 3.05) is 26.8 Å². The first-order chi connectivity index (χ1) is 12.9. The Hall–Kier alpha value is -2.08. The molecule has 1 fully saturated rings. The van der Waals surface area contributed by atoms with Crippen LogP contribution in [0.1, 0.15) is 51.5 Å². The highest BCUT2D eigenvalue weighted by Crippen LogP contribution is 2.19. The van der Waals surface area contributed by atoms with Gasteiger partial charge in [-0.3, -0.25) is 9.59 Å². The molecule has 0 spiro atoms. The van der Waals surface area contributed by atoms with Gasteiger partial charge in [-0.05, 0) is 43.4 Å². The maximum atomic E-state index is 12.4. The summed E-state index contributed by atoms with van der Waals surface area (Å²) in [6.07, 6.45) is 1.38. The van der Waals surface area contributed by atoms with Crippen LogP contribution in [0.15, 0.2) is 24.3 Å². The van der Waals surface area contributed by atoms with Crippen LogP contribution in [0.5, 0.6) is 5.75 Å². The quantitative estimate of drug-likeness (QED) is 0.757. The van der Waals surface area contributed by atoms with Gasteiger partial charge in [0, 0.05) is 26.2 Å². The van der Waals surface area contributed by atoms with Gasteiger partial charge >= 0.3 is 0 Å². The number of benzene rings is 1. The predicted octanol–water partition coefficient (Wildman–Crippen LogP) is 2.72. The molecule has 6 nitrogen and oxygen atoms in total. The fraction of sp³-hybridized carbons (Fsp3) is 0.619. The van der Waals surface area contributed by atoms with E-state index in [4.69, 9.17) is 9.47 Å². The van der Waals surface area contributed by atoms with Crippen LogP contribution in [-0.4, -0.2) is 55.7 Å². The molecule has 0 aromatic heterocycles. The van der Waals surface area contributed by atoms with Gasteiger partial charge in [0.25, 0.3) is 5.91 Å². The van der Waals surface area contributed by atoms with E-state index in [9.17, 15) is 9.59 Å². The molecule has 0 aliphatic carbocycles. The molecule has 2 rings (SSSR count). The molecule has 1 heterocycles. The average molecular weight is 376 g/mol. The van der Waals surface area contributed by atoms with E-state index in [2.05, 4.69) is 19.2 Å². The van der Waals surface area contributed by atoms with Crippen molar-refractivity contribution in [1.82, 2.24) is 10.2 Å². The molecule has 1 atom stereocenters. The normalized spacial score (nSPS) is 16.3. The Morgan fingerprint density at radius 2 is 1.78 bits per heavy atom. The predicted molar refractivity (Wildman–Crippen MR) is 105 cm³/mol. The number of carbonyl (C=O) groups is 2. The third-order valence-electron chi connectivity index (χ3n) is 4.94. The van der Waals surface area contributed by atoms with Gasteiger partial charge in [0.15, 0.2) is 6.10 Å². The molecule has 150 valence electrons. The van der Waals surface area contributed by atoms with Gasteiger partial charge in [-0.25, -0.2) is 0 Å². The lowest BCUT2D eigenvalue weighted by Gasteiger charge is -2.33. The minimum atomic E-state index is -0.559. The van der Waals surface area contributed by atoms with Crippen LogP contribution in [0.2, 0.25) is 0 Å². The molecular formula is C21H32N2O4. The van der Waals surface area contributed by atoms with E-state index in [0.29, 0.717) is 37.8 Å². The molecule has 1 N–H and O–H groups in total. The van der Waals surface area contributed by atoms with Crippen LogP contribution in [-0.2, 0) is 14.3 Å². The zero-order valence-corrected chi connectivity index (χ0v) is 16.9. The van der Waals surface area contributed by atoms with E-state index in [0.717, 1.165) is 12.8 Å². The minimum Gasteiger partial charge on any atom is -0.481 e. The molecule has 0 radical (unpaired) electrons. The number of hydrogen-bond acceptors (Lipinski definition) is 4. The second-order valence-corrected chi connectivity index (χ2v) is 7.39. The van der Waals surface area contributed by atoms with Gasteiger partial charge in [-0.1, -0.05) is 26.0 Å². The largest absolute Gasteiger partial charge is 0.481 e. The van der Waals surface area contributed by atoms with Gasteiger partial charge in [0.1, 0.15) is 5.75 Å². The molecule has 1 saturated heterocycles. The van der Waals surface area contributed by atoms with E-state index >= 15 is 0 Å². The van der Waals surface area contributed by atoms with Gasteiger partial charge in [0.2, 0.25) is 5.91 Å². The molecule has 1 aromatic rings. The standard InChI is InChI=1S/C21H32N2O4/c1-15(2)17-5-7-19(8-6-17)27-16(3)21(25)22-18-9-12-23(13-10-18)20(24)11-14-26-4/h5-8,15-16,18H,9-14H2,1-4H3,(H,22,25). The molecule has 0 bridgehead atoms. The van der Waals surface area contributed by atoms with Gasteiger partial charge < -0.3 is 19.7 Å². The van der Waals surface area contributed by atoms with Crippen LogP contribution in [0.25, 0.3) is 0 Å². The SMILES string of the molecule is COCCC(=O)N1CCC(NC(=O)C(C)Oc2ccc(C(C)C)cc2)CC1. The van der Waals surface area contributed by atoms with Crippen LogP contribution in [0.3, 0.4) is 0 Å². The van der Waals surface area contributed by atoms with Crippen molar-refractivity contribution in [3.05, 3.63) is 29.8 Å². The summed E-state index contributed by atoms with van der Waals surface area (Å²) in [5, 5.41) is 3.04. The summed E-state index contributed by atoms with van der Waals surface area (Å²) in [4.78, 5) is 26.3. The Kier molecular flexibility index (Phi) is 8.10. The van der Waals surface area contributed by atoms with Crippen LogP contribution in [0, 0.1) is 0 Å². The topological polar surface area (TPSA) is 67.9 Å². The average Bonchev–Trinajstić information content (AvgIpc) is 2.67. The van der Waals surface area contributed by atoms with Crippen molar-refractivity contribution < 1.29 is 19.1 Å². The summed E-state index contributed by atoms with van der Waals surface area (Å²) >= 11 is 0. The number of likely N-dealkylation sites (tertiary alicyclic amines) is 1. The monoisotopic (exact) mass is 376 g/mol. The van der Waals surface area contributed by atoms with Crippen LogP contribution in [0.4, 0.5) is 0 Å². The van der Waals surface area contributed by atoms with Gasteiger partial charge in [-0.2, -0.15) is 0 Å². The Morgan fingerprint density at radius 3 is 2.33 bits per heavy atom. The number of carbonyl (C=O) groups excluding carboxylic acids is 2. The number of piperidine rings is 1. The van der Waals surface area contributed by atoms with E-state index in [1.54, 1.807) is 14.0 Å².